The Hall–Kier alpha value is -1.68. The molecule has 4 nitrogen and oxygen atoms in total. The van der Waals surface area contributed by atoms with Gasteiger partial charge in [0.05, 0.1) is 11.3 Å². The van der Waals surface area contributed by atoms with Crippen molar-refractivity contribution in [2.75, 3.05) is 20.6 Å². The third kappa shape index (κ3) is 3.89. The van der Waals surface area contributed by atoms with Crippen LogP contribution in [0.5, 0.6) is 0 Å². The summed E-state index contributed by atoms with van der Waals surface area (Å²) in [7, 11) is 4.10. The Bertz CT molecular complexity index is 454. The van der Waals surface area contributed by atoms with Crippen LogP contribution in [-0.2, 0) is 4.84 Å². The summed E-state index contributed by atoms with van der Waals surface area (Å²) in [5.74, 6) is 0.0298. The first kappa shape index (κ1) is 13.7. The molecule has 1 aromatic carbocycles. The van der Waals surface area contributed by atoms with Gasteiger partial charge in [0.25, 0.3) is 0 Å². The molecule has 19 heavy (non-hydrogen) atoms. The van der Waals surface area contributed by atoms with Crippen molar-refractivity contribution in [2.24, 2.45) is 11.1 Å². The molecular weight excluding hydrogens is 240 g/mol. The lowest BCUT2D eigenvalue weighted by Gasteiger charge is -2.15. The monoisotopic (exact) mass is 260 g/mol. The van der Waals surface area contributed by atoms with E-state index < -0.39 is 0 Å². The number of carbonyl (C=O) groups excluding carboxylic acids is 1. The predicted octanol–water partition coefficient (Wildman–Crippen LogP) is 2.56. The predicted molar refractivity (Wildman–Crippen MR) is 75.2 cm³/mol. The Labute approximate surface area is 114 Å². The van der Waals surface area contributed by atoms with Crippen LogP contribution in [0.4, 0.5) is 0 Å². The Kier molecular flexibility index (Phi) is 4.68. The van der Waals surface area contributed by atoms with E-state index in [1.54, 1.807) is 12.1 Å². The van der Waals surface area contributed by atoms with Crippen LogP contribution in [0.15, 0.2) is 35.5 Å². The average molecular weight is 260 g/mol. The van der Waals surface area contributed by atoms with E-state index in [0.717, 1.165) is 31.5 Å². The molecule has 1 atom stereocenters. The molecule has 1 aromatic rings. The summed E-state index contributed by atoms with van der Waals surface area (Å²) in [6.45, 7) is 0.960. The van der Waals surface area contributed by atoms with Crippen LogP contribution in [0.1, 0.15) is 29.6 Å². The number of rotatable bonds is 4. The Morgan fingerprint density at radius 1 is 1.37 bits per heavy atom. The first-order valence-corrected chi connectivity index (χ1v) is 6.64. The molecule has 0 bridgehead atoms. The zero-order valence-electron chi connectivity index (χ0n) is 11.5. The molecule has 0 heterocycles. The van der Waals surface area contributed by atoms with E-state index >= 15 is 0 Å². The van der Waals surface area contributed by atoms with Crippen molar-refractivity contribution in [1.29, 1.82) is 0 Å². The van der Waals surface area contributed by atoms with Crippen molar-refractivity contribution >= 4 is 11.7 Å². The van der Waals surface area contributed by atoms with E-state index in [1.807, 2.05) is 32.3 Å². The fourth-order valence-electron chi connectivity index (χ4n) is 2.38. The molecule has 1 saturated carbocycles. The van der Waals surface area contributed by atoms with Gasteiger partial charge in [-0.05, 0) is 45.5 Å². The van der Waals surface area contributed by atoms with Crippen LogP contribution >= 0.6 is 0 Å². The number of oxime groups is 1. The summed E-state index contributed by atoms with van der Waals surface area (Å²) in [4.78, 5) is 19.0. The van der Waals surface area contributed by atoms with Gasteiger partial charge in [-0.1, -0.05) is 23.4 Å². The summed E-state index contributed by atoms with van der Waals surface area (Å²) < 4.78 is 0. The first-order chi connectivity index (χ1) is 9.16. The lowest BCUT2D eigenvalue weighted by Crippen LogP contribution is -2.24. The summed E-state index contributed by atoms with van der Waals surface area (Å²) in [6.07, 6.45) is 3.18. The largest absolute Gasteiger partial charge is 0.365 e. The highest BCUT2D eigenvalue weighted by Crippen LogP contribution is 2.23. The standard InChI is InChI=1S/C15H20N2O2/c1-17(2)11-13-9-6-10-14(13)16-19-15(18)12-7-4-3-5-8-12/h3-5,7-8,13H,6,9-11H2,1-2H3/b16-14-. The van der Waals surface area contributed by atoms with E-state index in [2.05, 4.69) is 10.1 Å². The minimum Gasteiger partial charge on any atom is -0.313 e. The van der Waals surface area contributed by atoms with Gasteiger partial charge in [-0.2, -0.15) is 0 Å². The normalized spacial score (nSPS) is 21.0. The second-order valence-corrected chi connectivity index (χ2v) is 5.18. The highest BCUT2D eigenvalue weighted by atomic mass is 16.7. The fraction of sp³-hybridized carbons (Fsp3) is 0.467. The molecule has 0 aromatic heterocycles. The first-order valence-electron chi connectivity index (χ1n) is 6.64. The third-order valence-electron chi connectivity index (χ3n) is 3.30. The average Bonchev–Trinajstić information content (AvgIpc) is 2.83. The van der Waals surface area contributed by atoms with E-state index in [-0.39, 0.29) is 5.97 Å². The molecule has 102 valence electrons. The van der Waals surface area contributed by atoms with E-state index in [1.165, 1.54) is 0 Å². The fourth-order valence-corrected chi connectivity index (χ4v) is 2.38. The van der Waals surface area contributed by atoms with Gasteiger partial charge < -0.3 is 9.74 Å². The summed E-state index contributed by atoms with van der Waals surface area (Å²) in [5, 5.41) is 4.07. The molecule has 1 aliphatic carbocycles. The smallest absolute Gasteiger partial charge is 0.313 e. The molecule has 0 aliphatic heterocycles. The molecule has 0 saturated heterocycles. The second-order valence-electron chi connectivity index (χ2n) is 5.18. The van der Waals surface area contributed by atoms with Gasteiger partial charge in [-0.15, -0.1) is 0 Å². The number of hydrogen-bond acceptors (Lipinski definition) is 4. The van der Waals surface area contributed by atoms with Crippen LogP contribution < -0.4 is 0 Å². The third-order valence-corrected chi connectivity index (χ3v) is 3.30. The van der Waals surface area contributed by atoms with Gasteiger partial charge in [-0.3, -0.25) is 0 Å². The zero-order chi connectivity index (χ0) is 13.7. The van der Waals surface area contributed by atoms with E-state index in [9.17, 15) is 4.79 Å². The lowest BCUT2D eigenvalue weighted by molar-refractivity contribution is 0.0513. The Balaban J connectivity index is 1.96. The van der Waals surface area contributed by atoms with E-state index in [0.29, 0.717) is 11.5 Å². The molecule has 0 amide bonds. The van der Waals surface area contributed by atoms with Gasteiger partial charge in [-0.25, -0.2) is 4.79 Å². The molecular formula is C15H20N2O2. The molecule has 1 aliphatic rings. The highest BCUT2D eigenvalue weighted by molar-refractivity contribution is 5.92. The minimum atomic E-state index is -0.386. The summed E-state index contributed by atoms with van der Waals surface area (Å²) >= 11 is 0. The highest BCUT2D eigenvalue weighted by Gasteiger charge is 2.24. The summed E-state index contributed by atoms with van der Waals surface area (Å²) in [6, 6.07) is 8.96. The van der Waals surface area contributed by atoms with Crippen LogP contribution in [0.3, 0.4) is 0 Å². The van der Waals surface area contributed by atoms with E-state index in [4.69, 9.17) is 4.84 Å². The lowest BCUT2D eigenvalue weighted by atomic mass is 10.1. The summed E-state index contributed by atoms with van der Waals surface area (Å²) in [5.41, 5.74) is 1.55. The van der Waals surface area contributed by atoms with Crippen molar-refractivity contribution in [3.63, 3.8) is 0 Å². The molecule has 1 fully saturated rings. The van der Waals surface area contributed by atoms with Crippen LogP contribution in [0, 0.1) is 5.92 Å². The van der Waals surface area contributed by atoms with Gasteiger partial charge in [0.2, 0.25) is 0 Å². The second kappa shape index (κ2) is 6.48. The van der Waals surface area contributed by atoms with Gasteiger partial charge in [0, 0.05) is 12.5 Å². The van der Waals surface area contributed by atoms with Crippen molar-refractivity contribution in [3.05, 3.63) is 35.9 Å². The van der Waals surface area contributed by atoms with Gasteiger partial charge in [0.1, 0.15) is 0 Å². The minimum absolute atomic E-state index is 0.386. The number of nitrogens with zero attached hydrogens (tertiary/aromatic N) is 2. The van der Waals surface area contributed by atoms with Crippen molar-refractivity contribution in [2.45, 2.75) is 19.3 Å². The van der Waals surface area contributed by atoms with Crippen LogP contribution in [0.2, 0.25) is 0 Å². The van der Waals surface area contributed by atoms with Gasteiger partial charge in [0.15, 0.2) is 0 Å². The zero-order valence-corrected chi connectivity index (χ0v) is 11.5. The van der Waals surface area contributed by atoms with Crippen LogP contribution in [-0.4, -0.2) is 37.2 Å². The molecule has 4 heteroatoms. The Morgan fingerprint density at radius 2 is 2.11 bits per heavy atom. The van der Waals surface area contributed by atoms with Gasteiger partial charge >= 0.3 is 5.97 Å². The number of carbonyl (C=O) groups is 1. The van der Waals surface area contributed by atoms with Crippen molar-refractivity contribution in [1.82, 2.24) is 4.90 Å². The molecule has 0 N–H and O–H groups in total. The van der Waals surface area contributed by atoms with Crippen molar-refractivity contribution in [3.8, 4) is 0 Å². The maximum Gasteiger partial charge on any atom is 0.365 e. The maximum absolute atomic E-state index is 11.8. The molecule has 1 unspecified atom stereocenters. The molecule has 0 radical (unpaired) electrons. The quantitative estimate of drug-likeness (QED) is 0.617. The van der Waals surface area contributed by atoms with Crippen molar-refractivity contribution < 1.29 is 9.63 Å². The topological polar surface area (TPSA) is 41.9 Å². The molecule has 0 spiro atoms. The Morgan fingerprint density at radius 3 is 2.79 bits per heavy atom. The number of benzene rings is 1. The van der Waals surface area contributed by atoms with Crippen LogP contribution in [0.25, 0.3) is 0 Å². The SMILES string of the molecule is CN(C)CC1CCC/C1=N/OC(=O)c1ccccc1. The number of hydrogen-bond donors (Lipinski definition) is 0. The molecule has 2 rings (SSSR count). The maximum atomic E-state index is 11.8.